The van der Waals surface area contributed by atoms with Gasteiger partial charge in [0.05, 0.1) is 17.8 Å². The number of piperidine rings is 1. The maximum Gasteiger partial charge on any atom is 0.310 e. The number of ether oxygens (including phenoxy) is 1. The van der Waals surface area contributed by atoms with Crippen molar-refractivity contribution in [1.82, 2.24) is 4.90 Å². The van der Waals surface area contributed by atoms with Crippen LogP contribution in [0.25, 0.3) is 0 Å². The lowest BCUT2D eigenvalue weighted by Crippen LogP contribution is -2.45. The highest BCUT2D eigenvalue weighted by Crippen LogP contribution is 2.22. The summed E-state index contributed by atoms with van der Waals surface area (Å²) in [5.74, 6) is 0.898. The van der Waals surface area contributed by atoms with Crippen molar-refractivity contribution in [3.8, 4) is 0 Å². The lowest BCUT2D eigenvalue weighted by Gasteiger charge is -2.33. The molecule has 0 radical (unpaired) electrons. The van der Waals surface area contributed by atoms with Crippen molar-refractivity contribution in [3.63, 3.8) is 0 Å². The first-order valence-corrected chi connectivity index (χ1v) is 8.72. The predicted octanol–water partition coefficient (Wildman–Crippen LogP) is 2.71. The van der Waals surface area contributed by atoms with Crippen molar-refractivity contribution in [3.05, 3.63) is 0 Å². The highest BCUT2D eigenvalue weighted by atomic mass is 32.2. The fourth-order valence-corrected chi connectivity index (χ4v) is 3.46. The smallest absolute Gasteiger partial charge is 0.310 e. The lowest BCUT2D eigenvalue weighted by atomic mass is 9.98. The van der Waals surface area contributed by atoms with Gasteiger partial charge in [0.2, 0.25) is 5.91 Å². The topological polar surface area (TPSA) is 46.6 Å². The van der Waals surface area contributed by atoms with Crippen LogP contribution in [-0.2, 0) is 14.3 Å². The quantitative estimate of drug-likeness (QED) is 0.536. The number of esters is 1. The minimum absolute atomic E-state index is 0.0116. The summed E-state index contributed by atoms with van der Waals surface area (Å²) in [4.78, 5) is 26.0. The van der Waals surface area contributed by atoms with E-state index in [1.54, 1.807) is 11.8 Å². The molecule has 0 aliphatic carbocycles. The number of likely N-dealkylation sites (tertiary alicyclic amines) is 1. The Morgan fingerprint density at radius 2 is 2.15 bits per heavy atom. The van der Waals surface area contributed by atoms with Crippen molar-refractivity contribution in [2.24, 2.45) is 5.92 Å². The molecule has 1 rings (SSSR count). The van der Waals surface area contributed by atoms with E-state index in [1.807, 2.05) is 18.7 Å². The summed E-state index contributed by atoms with van der Waals surface area (Å²) in [6, 6.07) is 0. The predicted molar refractivity (Wildman–Crippen MR) is 82.8 cm³/mol. The molecule has 1 fully saturated rings. The van der Waals surface area contributed by atoms with Gasteiger partial charge in [0.15, 0.2) is 0 Å². The van der Waals surface area contributed by atoms with Crippen LogP contribution in [0.4, 0.5) is 0 Å². The van der Waals surface area contributed by atoms with E-state index in [2.05, 4.69) is 6.92 Å². The summed E-state index contributed by atoms with van der Waals surface area (Å²) in [6.45, 7) is 7.64. The first-order valence-electron chi connectivity index (χ1n) is 7.67. The van der Waals surface area contributed by atoms with Crippen LogP contribution >= 0.6 is 11.8 Å². The third-order valence-corrected chi connectivity index (χ3v) is 4.79. The van der Waals surface area contributed by atoms with Gasteiger partial charge in [-0.25, -0.2) is 0 Å². The normalized spacial score (nSPS) is 20.6. The Balaban J connectivity index is 2.45. The molecule has 1 amide bonds. The minimum atomic E-state index is -0.156. The number of rotatable bonds is 7. The average Bonchev–Trinajstić information content (AvgIpc) is 2.47. The number of unbranched alkanes of at least 4 members (excludes halogenated alkanes) is 1. The molecular formula is C15H27NO3S. The SMILES string of the molecule is CCCCSC(C)C(=O)N1CCCC(C(=O)OCC)C1. The lowest BCUT2D eigenvalue weighted by molar-refractivity contribution is -0.151. The number of carbonyl (C=O) groups is 2. The molecule has 0 aromatic carbocycles. The Kier molecular flexibility index (Phi) is 8.04. The second-order valence-corrected chi connectivity index (χ2v) is 6.69. The third kappa shape index (κ3) is 5.35. The third-order valence-electron chi connectivity index (χ3n) is 3.57. The Hall–Kier alpha value is -0.710. The van der Waals surface area contributed by atoms with E-state index in [9.17, 15) is 9.59 Å². The first-order chi connectivity index (χ1) is 9.60. The van der Waals surface area contributed by atoms with Gasteiger partial charge in [0, 0.05) is 13.1 Å². The standard InChI is InChI=1S/C15H27NO3S/c1-4-6-10-20-12(3)14(17)16-9-7-8-13(11-16)15(18)19-5-2/h12-13H,4-11H2,1-3H3. The molecule has 1 saturated heterocycles. The molecule has 2 atom stereocenters. The van der Waals surface area contributed by atoms with Crippen LogP contribution in [-0.4, -0.2) is 47.5 Å². The fraction of sp³-hybridized carbons (Fsp3) is 0.867. The van der Waals surface area contributed by atoms with E-state index < -0.39 is 0 Å². The second kappa shape index (κ2) is 9.27. The molecule has 5 heteroatoms. The van der Waals surface area contributed by atoms with Crippen LogP contribution < -0.4 is 0 Å². The van der Waals surface area contributed by atoms with Crippen molar-refractivity contribution in [2.45, 2.75) is 51.7 Å². The van der Waals surface area contributed by atoms with Crippen molar-refractivity contribution < 1.29 is 14.3 Å². The molecule has 0 saturated carbocycles. The van der Waals surface area contributed by atoms with E-state index in [4.69, 9.17) is 4.74 Å². The van der Waals surface area contributed by atoms with Gasteiger partial charge in [-0.15, -0.1) is 11.8 Å². The van der Waals surface area contributed by atoms with E-state index in [0.717, 1.165) is 38.0 Å². The zero-order chi connectivity index (χ0) is 15.0. The van der Waals surface area contributed by atoms with E-state index in [1.165, 1.54) is 0 Å². The Labute approximate surface area is 126 Å². The number of amides is 1. The van der Waals surface area contributed by atoms with Gasteiger partial charge in [-0.3, -0.25) is 9.59 Å². The molecule has 0 bridgehead atoms. The number of carbonyl (C=O) groups excluding carboxylic acids is 2. The van der Waals surface area contributed by atoms with Gasteiger partial charge in [0.25, 0.3) is 0 Å². The van der Waals surface area contributed by atoms with Gasteiger partial charge in [-0.2, -0.15) is 0 Å². The van der Waals surface area contributed by atoms with E-state index in [-0.39, 0.29) is 23.0 Å². The zero-order valence-electron chi connectivity index (χ0n) is 12.9. The molecule has 20 heavy (non-hydrogen) atoms. The first kappa shape index (κ1) is 17.3. The van der Waals surface area contributed by atoms with Gasteiger partial charge >= 0.3 is 5.97 Å². The Morgan fingerprint density at radius 3 is 2.80 bits per heavy atom. The van der Waals surface area contributed by atoms with E-state index in [0.29, 0.717) is 13.2 Å². The van der Waals surface area contributed by atoms with Crippen molar-refractivity contribution in [2.75, 3.05) is 25.4 Å². The van der Waals surface area contributed by atoms with Gasteiger partial charge < -0.3 is 9.64 Å². The van der Waals surface area contributed by atoms with Crippen LogP contribution in [0.5, 0.6) is 0 Å². The molecule has 4 nitrogen and oxygen atoms in total. The molecule has 1 heterocycles. The highest BCUT2D eigenvalue weighted by Gasteiger charge is 2.31. The van der Waals surface area contributed by atoms with Crippen LogP contribution in [0.2, 0.25) is 0 Å². The number of hydrogen-bond acceptors (Lipinski definition) is 4. The average molecular weight is 301 g/mol. The highest BCUT2D eigenvalue weighted by molar-refractivity contribution is 8.00. The minimum Gasteiger partial charge on any atom is -0.466 e. The summed E-state index contributed by atoms with van der Waals surface area (Å²) < 4.78 is 5.07. The van der Waals surface area contributed by atoms with E-state index >= 15 is 0 Å². The van der Waals surface area contributed by atoms with Gasteiger partial charge in [0.1, 0.15) is 0 Å². The molecule has 2 unspecified atom stereocenters. The molecule has 116 valence electrons. The Bertz CT molecular complexity index is 322. The summed E-state index contributed by atoms with van der Waals surface area (Å²) in [7, 11) is 0. The maximum absolute atomic E-state index is 12.4. The molecule has 0 spiro atoms. The molecule has 1 aliphatic heterocycles. The van der Waals surface area contributed by atoms with Crippen LogP contribution in [0.15, 0.2) is 0 Å². The second-order valence-electron chi connectivity index (χ2n) is 5.24. The summed E-state index contributed by atoms with van der Waals surface area (Å²) in [6.07, 6.45) is 4.03. The Morgan fingerprint density at radius 1 is 1.40 bits per heavy atom. The number of nitrogens with zero attached hydrogens (tertiary/aromatic N) is 1. The monoisotopic (exact) mass is 301 g/mol. The molecule has 0 aromatic heterocycles. The van der Waals surface area contributed by atoms with Crippen LogP contribution in [0, 0.1) is 5.92 Å². The van der Waals surface area contributed by atoms with Crippen molar-refractivity contribution >= 4 is 23.6 Å². The van der Waals surface area contributed by atoms with Crippen LogP contribution in [0.1, 0.15) is 46.5 Å². The molecular weight excluding hydrogens is 274 g/mol. The summed E-state index contributed by atoms with van der Waals surface area (Å²) in [5.41, 5.74) is 0. The summed E-state index contributed by atoms with van der Waals surface area (Å²) in [5, 5.41) is -0.0116. The van der Waals surface area contributed by atoms with Crippen molar-refractivity contribution in [1.29, 1.82) is 0 Å². The molecule has 0 N–H and O–H groups in total. The number of hydrogen-bond donors (Lipinski definition) is 0. The van der Waals surface area contributed by atoms with Crippen LogP contribution in [0.3, 0.4) is 0 Å². The van der Waals surface area contributed by atoms with Gasteiger partial charge in [-0.05, 0) is 38.9 Å². The number of thioether (sulfide) groups is 1. The fourth-order valence-electron chi connectivity index (χ4n) is 2.36. The molecule has 1 aliphatic rings. The maximum atomic E-state index is 12.4. The van der Waals surface area contributed by atoms with Gasteiger partial charge in [-0.1, -0.05) is 13.3 Å². The largest absolute Gasteiger partial charge is 0.466 e. The zero-order valence-corrected chi connectivity index (χ0v) is 13.7. The molecule has 0 aromatic rings. The summed E-state index contributed by atoms with van der Waals surface area (Å²) >= 11 is 1.72.